The van der Waals surface area contributed by atoms with Crippen LogP contribution in [0.1, 0.15) is 67.2 Å². The minimum atomic E-state index is 0.0746. The number of carbonyl (C=O) groups is 2. The molecule has 0 aliphatic carbocycles. The van der Waals surface area contributed by atoms with Crippen LogP contribution in [0.2, 0.25) is 0 Å². The Morgan fingerprint density at radius 3 is 2.00 bits per heavy atom. The lowest BCUT2D eigenvalue weighted by Crippen LogP contribution is -2.48. The first-order valence-electron chi connectivity index (χ1n) is 9.82. The van der Waals surface area contributed by atoms with Crippen LogP contribution < -0.4 is 0 Å². The van der Waals surface area contributed by atoms with Gasteiger partial charge in [-0.25, -0.2) is 0 Å². The summed E-state index contributed by atoms with van der Waals surface area (Å²) in [6.45, 7) is 16.4. The van der Waals surface area contributed by atoms with Crippen LogP contribution in [0.15, 0.2) is 0 Å². The minimum absolute atomic E-state index is 0.0746. The van der Waals surface area contributed by atoms with Crippen molar-refractivity contribution in [3.8, 4) is 11.8 Å². The number of nitrogens with zero attached hydrogens (tertiary/aromatic N) is 2. The number of ketones is 1. The molecule has 0 N–H and O–H groups in total. The lowest BCUT2D eigenvalue weighted by Gasteiger charge is -2.33. The fraction of sp³-hybridized carbons (Fsp3) is 0.810. The molecule has 25 heavy (non-hydrogen) atoms. The molecular formula is C21H38N2O2. The van der Waals surface area contributed by atoms with E-state index in [-0.39, 0.29) is 17.6 Å². The van der Waals surface area contributed by atoms with Crippen molar-refractivity contribution in [2.24, 2.45) is 11.8 Å². The Labute approximate surface area is 155 Å². The highest BCUT2D eigenvalue weighted by Gasteiger charge is 2.20. The quantitative estimate of drug-likeness (QED) is 0.687. The Balaban J connectivity index is 0.00000178. The van der Waals surface area contributed by atoms with Gasteiger partial charge in [0, 0.05) is 50.9 Å². The lowest BCUT2D eigenvalue weighted by atomic mass is 10.0. The molecule has 0 saturated carbocycles. The second-order valence-electron chi connectivity index (χ2n) is 7.31. The first-order chi connectivity index (χ1) is 11.8. The minimum Gasteiger partial charge on any atom is -0.340 e. The molecule has 4 nitrogen and oxygen atoms in total. The van der Waals surface area contributed by atoms with E-state index in [0.717, 1.165) is 32.7 Å². The SMILES string of the molecule is CC(C)C#CCN1CCN(C(=O)CCCC(=O)C(C)C)CC1.CCC. The van der Waals surface area contributed by atoms with Crippen LogP contribution in [0, 0.1) is 23.7 Å². The van der Waals surface area contributed by atoms with Crippen molar-refractivity contribution >= 4 is 11.7 Å². The zero-order valence-corrected chi connectivity index (χ0v) is 17.2. The van der Waals surface area contributed by atoms with Gasteiger partial charge < -0.3 is 4.90 Å². The number of hydrogen-bond acceptors (Lipinski definition) is 3. The molecule has 0 aromatic rings. The maximum atomic E-state index is 12.1. The van der Waals surface area contributed by atoms with Gasteiger partial charge in [0.25, 0.3) is 0 Å². The summed E-state index contributed by atoms with van der Waals surface area (Å²) >= 11 is 0. The summed E-state index contributed by atoms with van der Waals surface area (Å²) in [6, 6.07) is 0. The summed E-state index contributed by atoms with van der Waals surface area (Å²) in [4.78, 5) is 27.9. The molecule has 0 spiro atoms. The highest BCUT2D eigenvalue weighted by Crippen LogP contribution is 2.08. The number of amides is 1. The van der Waals surface area contributed by atoms with Crippen LogP contribution >= 0.6 is 0 Å². The van der Waals surface area contributed by atoms with E-state index >= 15 is 0 Å². The van der Waals surface area contributed by atoms with Gasteiger partial charge >= 0.3 is 0 Å². The summed E-state index contributed by atoms with van der Waals surface area (Å²) < 4.78 is 0. The van der Waals surface area contributed by atoms with Gasteiger partial charge in [-0.1, -0.05) is 59.8 Å². The van der Waals surface area contributed by atoms with Crippen LogP contribution in [-0.4, -0.2) is 54.2 Å². The number of rotatable bonds is 6. The molecule has 0 aromatic carbocycles. The van der Waals surface area contributed by atoms with Gasteiger partial charge in [0.2, 0.25) is 5.91 Å². The molecule has 0 aromatic heterocycles. The molecule has 1 aliphatic heterocycles. The first-order valence-corrected chi connectivity index (χ1v) is 9.82. The van der Waals surface area contributed by atoms with Crippen molar-refractivity contribution in [1.82, 2.24) is 9.80 Å². The van der Waals surface area contributed by atoms with Gasteiger partial charge in [-0.15, -0.1) is 0 Å². The van der Waals surface area contributed by atoms with Crippen molar-refractivity contribution in [3.63, 3.8) is 0 Å². The summed E-state index contributed by atoms with van der Waals surface area (Å²) in [5.41, 5.74) is 0. The summed E-state index contributed by atoms with van der Waals surface area (Å²) in [6.07, 6.45) is 2.94. The van der Waals surface area contributed by atoms with Crippen molar-refractivity contribution in [2.45, 2.75) is 67.2 Å². The molecule has 1 amide bonds. The van der Waals surface area contributed by atoms with Crippen molar-refractivity contribution in [1.29, 1.82) is 0 Å². The van der Waals surface area contributed by atoms with E-state index < -0.39 is 0 Å². The Bertz CT molecular complexity index is 439. The van der Waals surface area contributed by atoms with Gasteiger partial charge in [0.05, 0.1) is 6.54 Å². The molecular weight excluding hydrogens is 312 g/mol. The van der Waals surface area contributed by atoms with Gasteiger partial charge in [-0.2, -0.15) is 0 Å². The molecule has 1 aliphatic rings. The predicted molar refractivity (Wildman–Crippen MR) is 105 cm³/mol. The maximum Gasteiger partial charge on any atom is 0.222 e. The van der Waals surface area contributed by atoms with Crippen molar-refractivity contribution in [3.05, 3.63) is 0 Å². The summed E-state index contributed by atoms with van der Waals surface area (Å²) in [5.74, 6) is 7.28. The smallest absolute Gasteiger partial charge is 0.222 e. The standard InChI is InChI=1S/C18H30N2O2.C3H8/c1-15(2)7-6-10-19-11-13-20(14-12-19)18(22)9-5-8-17(21)16(3)4;1-3-2/h15-16H,5,8-14H2,1-4H3;3H2,1-2H3. The van der Waals surface area contributed by atoms with Crippen LogP contribution in [-0.2, 0) is 9.59 Å². The molecule has 1 saturated heterocycles. The summed E-state index contributed by atoms with van der Waals surface area (Å²) in [7, 11) is 0. The topological polar surface area (TPSA) is 40.6 Å². The Morgan fingerprint density at radius 2 is 1.52 bits per heavy atom. The highest BCUT2D eigenvalue weighted by atomic mass is 16.2. The third kappa shape index (κ3) is 11.8. The molecule has 1 heterocycles. The maximum absolute atomic E-state index is 12.1. The molecule has 0 unspecified atom stereocenters. The molecule has 1 fully saturated rings. The van der Waals surface area contributed by atoms with Crippen LogP contribution in [0.3, 0.4) is 0 Å². The van der Waals surface area contributed by atoms with Crippen LogP contribution in [0.5, 0.6) is 0 Å². The Hall–Kier alpha value is -1.34. The average Bonchev–Trinajstić information content (AvgIpc) is 2.55. The highest BCUT2D eigenvalue weighted by molar-refractivity contribution is 5.81. The van der Waals surface area contributed by atoms with Gasteiger partial charge in [-0.3, -0.25) is 14.5 Å². The van der Waals surface area contributed by atoms with Crippen LogP contribution in [0.4, 0.5) is 0 Å². The van der Waals surface area contributed by atoms with E-state index in [2.05, 4.69) is 44.4 Å². The monoisotopic (exact) mass is 350 g/mol. The number of Topliss-reactive ketones (excluding diaryl/α,β-unsaturated/α-hetero) is 1. The summed E-state index contributed by atoms with van der Waals surface area (Å²) in [5, 5.41) is 0. The molecule has 144 valence electrons. The van der Waals surface area contributed by atoms with E-state index in [1.54, 1.807) is 0 Å². The van der Waals surface area contributed by atoms with Crippen molar-refractivity contribution in [2.75, 3.05) is 32.7 Å². The normalized spacial score (nSPS) is 14.6. The van der Waals surface area contributed by atoms with Crippen LogP contribution in [0.25, 0.3) is 0 Å². The third-order valence-corrected chi connectivity index (χ3v) is 3.88. The Morgan fingerprint density at radius 1 is 0.960 bits per heavy atom. The second-order valence-corrected chi connectivity index (χ2v) is 7.31. The van der Waals surface area contributed by atoms with E-state index in [1.807, 2.05) is 18.7 Å². The van der Waals surface area contributed by atoms with Crippen molar-refractivity contribution < 1.29 is 9.59 Å². The first kappa shape index (κ1) is 23.7. The average molecular weight is 351 g/mol. The molecule has 1 rings (SSSR count). The van der Waals surface area contributed by atoms with Gasteiger partial charge in [-0.05, 0) is 6.42 Å². The van der Waals surface area contributed by atoms with E-state index in [1.165, 1.54) is 6.42 Å². The molecule has 4 heteroatoms. The number of piperazine rings is 1. The van der Waals surface area contributed by atoms with Gasteiger partial charge in [0.1, 0.15) is 5.78 Å². The Kier molecular flexibility index (Phi) is 13.2. The fourth-order valence-electron chi connectivity index (χ4n) is 2.38. The third-order valence-electron chi connectivity index (χ3n) is 3.88. The lowest BCUT2D eigenvalue weighted by molar-refractivity contribution is -0.133. The zero-order valence-electron chi connectivity index (χ0n) is 17.2. The fourth-order valence-corrected chi connectivity index (χ4v) is 2.38. The molecule has 0 radical (unpaired) electrons. The van der Waals surface area contributed by atoms with E-state index in [9.17, 15) is 9.59 Å². The van der Waals surface area contributed by atoms with Gasteiger partial charge in [0.15, 0.2) is 0 Å². The predicted octanol–water partition coefficient (Wildman–Crippen LogP) is 3.60. The zero-order chi connectivity index (χ0) is 19.2. The van der Waals surface area contributed by atoms with E-state index in [0.29, 0.717) is 25.2 Å². The largest absolute Gasteiger partial charge is 0.340 e. The molecule has 0 atom stereocenters. The van der Waals surface area contributed by atoms with E-state index in [4.69, 9.17) is 0 Å². The molecule has 0 bridgehead atoms. The number of carbonyl (C=O) groups excluding carboxylic acids is 2. The number of hydrogen-bond donors (Lipinski definition) is 0. The second kappa shape index (κ2) is 13.9.